The number of amides is 1. The number of anilines is 1. The summed E-state index contributed by atoms with van der Waals surface area (Å²) >= 11 is 0. The third-order valence-electron chi connectivity index (χ3n) is 5.89. The summed E-state index contributed by atoms with van der Waals surface area (Å²) in [6, 6.07) is 6.83. The van der Waals surface area contributed by atoms with E-state index in [1.165, 1.54) is 0 Å². The molecule has 1 aromatic carbocycles. The lowest BCUT2D eigenvalue weighted by Gasteiger charge is -2.27. The summed E-state index contributed by atoms with van der Waals surface area (Å²) < 4.78 is 40.0. The van der Waals surface area contributed by atoms with Gasteiger partial charge in [-0.05, 0) is 31.4 Å². The molecule has 0 spiro atoms. The predicted molar refractivity (Wildman–Crippen MR) is 93.1 cm³/mol. The first-order chi connectivity index (χ1) is 12.9. The predicted octanol–water partition coefficient (Wildman–Crippen LogP) is 3.10. The number of alkyl halides is 3. The first kappa shape index (κ1) is 16.8. The van der Waals surface area contributed by atoms with Gasteiger partial charge >= 0.3 is 6.18 Å². The summed E-state index contributed by atoms with van der Waals surface area (Å²) in [5.74, 6) is -0.123. The van der Waals surface area contributed by atoms with Crippen LogP contribution in [-0.4, -0.2) is 46.5 Å². The molecule has 2 aromatic rings. The second kappa shape index (κ2) is 5.81. The topological polar surface area (TPSA) is 49.3 Å². The van der Waals surface area contributed by atoms with Crippen LogP contribution in [0.15, 0.2) is 24.3 Å². The SMILES string of the molecule is O=C(C1CC1)N1CC2CCN(c3nc(C(F)(F)F)nc4ccccc34)C2C1. The monoisotopic (exact) mass is 376 g/mol. The maximum Gasteiger partial charge on any atom is 0.451 e. The van der Waals surface area contributed by atoms with Crippen LogP contribution in [0.2, 0.25) is 0 Å². The number of likely N-dealkylation sites (tertiary alicyclic amines) is 1. The smallest absolute Gasteiger partial charge is 0.351 e. The maximum atomic E-state index is 13.3. The number of benzene rings is 1. The van der Waals surface area contributed by atoms with E-state index in [9.17, 15) is 18.0 Å². The van der Waals surface area contributed by atoms with Gasteiger partial charge in [0.1, 0.15) is 5.82 Å². The summed E-state index contributed by atoms with van der Waals surface area (Å²) in [5, 5.41) is 0.623. The lowest BCUT2D eigenvalue weighted by Crippen LogP contribution is -2.38. The number of fused-ring (bicyclic) bond motifs is 2. The van der Waals surface area contributed by atoms with Crippen LogP contribution in [0.5, 0.6) is 0 Å². The van der Waals surface area contributed by atoms with Crippen LogP contribution in [0.1, 0.15) is 25.1 Å². The fraction of sp³-hybridized carbons (Fsp3) is 0.526. The molecular weight excluding hydrogens is 357 g/mol. The zero-order valence-electron chi connectivity index (χ0n) is 14.6. The Morgan fingerprint density at radius 2 is 1.85 bits per heavy atom. The van der Waals surface area contributed by atoms with Crippen LogP contribution < -0.4 is 4.90 Å². The van der Waals surface area contributed by atoms with Gasteiger partial charge in [0.25, 0.3) is 0 Å². The molecule has 0 N–H and O–H groups in total. The third-order valence-corrected chi connectivity index (χ3v) is 5.89. The standard InChI is InChI=1S/C19H19F3N4O/c20-19(21,22)18-23-14-4-2-1-3-13(14)16(24-18)26-8-7-12-9-25(10-15(12)26)17(27)11-5-6-11/h1-4,11-12,15H,5-10H2. The van der Waals surface area contributed by atoms with Crippen molar-refractivity contribution in [1.29, 1.82) is 0 Å². The Balaban J connectivity index is 1.52. The van der Waals surface area contributed by atoms with Gasteiger partial charge in [0.05, 0.1) is 11.6 Å². The third kappa shape index (κ3) is 2.82. The quantitative estimate of drug-likeness (QED) is 0.808. The van der Waals surface area contributed by atoms with E-state index >= 15 is 0 Å². The molecular formula is C19H19F3N4O. The van der Waals surface area contributed by atoms with Gasteiger partial charge in [-0.15, -0.1) is 0 Å². The molecule has 142 valence electrons. The zero-order chi connectivity index (χ0) is 18.8. The summed E-state index contributed by atoms with van der Waals surface area (Å²) in [6.45, 7) is 1.92. The Labute approximate surface area is 154 Å². The van der Waals surface area contributed by atoms with E-state index in [0.29, 0.717) is 36.4 Å². The van der Waals surface area contributed by atoms with E-state index in [1.807, 2.05) is 9.80 Å². The minimum atomic E-state index is -4.60. The number of hydrogen-bond acceptors (Lipinski definition) is 4. The van der Waals surface area contributed by atoms with E-state index in [4.69, 9.17) is 0 Å². The lowest BCUT2D eigenvalue weighted by molar-refractivity contribution is -0.144. The number of carbonyl (C=O) groups excluding carboxylic acids is 1. The highest BCUT2D eigenvalue weighted by Crippen LogP contribution is 2.40. The lowest BCUT2D eigenvalue weighted by atomic mass is 10.1. The maximum absolute atomic E-state index is 13.3. The zero-order valence-corrected chi connectivity index (χ0v) is 14.6. The normalized spacial score (nSPS) is 25.3. The fourth-order valence-corrected chi connectivity index (χ4v) is 4.40. The van der Waals surface area contributed by atoms with E-state index < -0.39 is 12.0 Å². The highest BCUT2D eigenvalue weighted by Gasteiger charge is 2.46. The molecule has 8 heteroatoms. The molecule has 5 nitrogen and oxygen atoms in total. The van der Waals surface area contributed by atoms with Crippen molar-refractivity contribution in [2.75, 3.05) is 24.5 Å². The summed E-state index contributed by atoms with van der Waals surface area (Å²) in [4.78, 5) is 23.9. The Morgan fingerprint density at radius 1 is 1.07 bits per heavy atom. The Bertz CT molecular complexity index is 911. The highest BCUT2D eigenvalue weighted by molar-refractivity contribution is 5.90. The molecule has 2 unspecified atom stereocenters. The van der Waals surface area contributed by atoms with Gasteiger partial charge in [0.15, 0.2) is 0 Å². The number of para-hydroxylation sites is 1. The van der Waals surface area contributed by atoms with Crippen molar-refractivity contribution in [3.05, 3.63) is 30.1 Å². The first-order valence-electron chi connectivity index (χ1n) is 9.31. The largest absolute Gasteiger partial charge is 0.451 e. The van der Waals surface area contributed by atoms with Crippen molar-refractivity contribution in [1.82, 2.24) is 14.9 Å². The van der Waals surface area contributed by atoms with Gasteiger partial charge in [0.2, 0.25) is 11.7 Å². The molecule has 2 aliphatic heterocycles. The number of carbonyl (C=O) groups is 1. The van der Waals surface area contributed by atoms with Gasteiger partial charge in [-0.25, -0.2) is 9.97 Å². The van der Waals surface area contributed by atoms with Crippen molar-refractivity contribution in [3.63, 3.8) is 0 Å². The number of hydrogen-bond donors (Lipinski definition) is 0. The van der Waals surface area contributed by atoms with Crippen LogP contribution >= 0.6 is 0 Å². The molecule has 27 heavy (non-hydrogen) atoms. The van der Waals surface area contributed by atoms with Crippen molar-refractivity contribution < 1.29 is 18.0 Å². The van der Waals surface area contributed by atoms with Gasteiger partial charge in [-0.2, -0.15) is 13.2 Å². The average Bonchev–Trinajstić information content (AvgIpc) is 3.29. The summed E-state index contributed by atoms with van der Waals surface area (Å²) in [5.41, 5.74) is 0.294. The Hall–Kier alpha value is -2.38. The first-order valence-corrected chi connectivity index (χ1v) is 9.31. The highest BCUT2D eigenvalue weighted by atomic mass is 19.4. The van der Waals surface area contributed by atoms with Gasteiger partial charge in [-0.1, -0.05) is 12.1 Å². The molecule has 1 amide bonds. The van der Waals surface area contributed by atoms with E-state index in [-0.39, 0.29) is 23.8 Å². The van der Waals surface area contributed by atoms with Gasteiger partial charge in [-0.3, -0.25) is 4.79 Å². The number of rotatable bonds is 2. The van der Waals surface area contributed by atoms with Crippen LogP contribution in [0.4, 0.5) is 19.0 Å². The number of nitrogens with zero attached hydrogens (tertiary/aromatic N) is 4. The molecule has 1 aromatic heterocycles. The molecule has 0 radical (unpaired) electrons. The summed E-state index contributed by atoms with van der Waals surface area (Å²) in [7, 11) is 0. The summed E-state index contributed by atoms with van der Waals surface area (Å²) in [6.07, 6.45) is -1.82. The second-order valence-electron chi connectivity index (χ2n) is 7.71. The molecule has 3 heterocycles. The molecule has 0 bridgehead atoms. The molecule has 3 fully saturated rings. The van der Waals surface area contributed by atoms with Crippen molar-refractivity contribution in [2.45, 2.75) is 31.5 Å². The fourth-order valence-electron chi connectivity index (χ4n) is 4.40. The molecule has 3 aliphatic rings. The van der Waals surface area contributed by atoms with Crippen LogP contribution in [0, 0.1) is 11.8 Å². The molecule has 2 saturated heterocycles. The van der Waals surface area contributed by atoms with Crippen molar-refractivity contribution in [2.24, 2.45) is 11.8 Å². The van der Waals surface area contributed by atoms with Gasteiger partial charge < -0.3 is 9.80 Å². The van der Waals surface area contributed by atoms with E-state index in [0.717, 1.165) is 19.3 Å². The van der Waals surface area contributed by atoms with Gasteiger partial charge in [0, 0.05) is 36.9 Å². The van der Waals surface area contributed by atoms with Crippen LogP contribution in [0.25, 0.3) is 10.9 Å². The van der Waals surface area contributed by atoms with Crippen molar-refractivity contribution >= 4 is 22.6 Å². The van der Waals surface area contributed by atoms with Crippen LogP contribution in [-0.2, 0) is 11.0 Å². The Kier molecular flexibility index (Phi) is 3.61. The number of aromatic nitrogens is 2. The number of halogens is 3. The van der Waals surface area contributed by atoms with Crippen molar-refractivity contribution in [3.8, 4) is 0 Å². The second-order valence-corrected chi connectivity index (χ2v) is 7.71. The molecule has 1 aliphatic carbocycles. The molecule has 2 atom stereocenters. The Morgan fingerprint density at radius 3 is 2.59 bits per heavy atom. The molecule has 1 saturated carbocycles. The minimum Gasteiger partial charge on any atom is -0.351 e. The van der Waals surface area contributed by atoms with Crippen LogP contribution in [0.3, 0.4) is 0 Å². The minimum absolute atomic E-state index is 0.0205. The van der Waals surface area contributed by atoms with E-state index in [2.05, 4.69) is 9.97 Å². The van der Waals surface area contributed by atoms with E-state index in [1.54, 1.807) is 24.3 Å². The molecule has 5 rings (SSSR count). The average molecular weight is 376 g/mol.